The van der Waals surface area contributed by atoms with Gasteiger partial charge in [0.1, 0.15) is 6.29 Å². The molecule has 4 heteroatoms. The highest BCUT2D eigenvalue weighted by molar-refractivity contribution is 7.15. The fourth-order valence-electron chi connectivity index (χ4n) is 1.03. The van der Waals surface area contributed by atoms with E-state index in [2.05, 4.69) is 4.98 Å². The summed E-state index contributed by atoms with van der Waals surface area (Å²) < 4.78 is 0. The Hall–Kier alpha value is -0.900. The van der Waals surface area contributed by atoms with Gasteiger partial charge in [0.15, 0.2) is 5.13 Å². The van der Waals surface area contributed by atoms with E-state index in [-0.39, 0.29) is 0 Å². The molecule has 72 valence electrons. The van der Waals surface area contributed by atoms with Gasteiger partial charge in [-0.25, -0.2) is 4.98 Å². The van der Waals surface area contributed by atoms with Crippen molar-refractivity contribution in [3.63, 3.8) is 0 Å². The molecule has 0 aromatic carbocycles. The Labute approximate surface area is 82.4 Å². The molecule has 13 heavy (non-hydrogen) atoms. The minimum Gasteiger partial charge on any atom is -0.354 e. The third-order valence-electron chi connectivity index (χ3n) is 1.75. The number of thiazole rings is 1. The Bertz CT molecular complexity index is 294. The van der Waals surface area contributed by atoms with Gasteiger partial charge in [0.05, 0.1) is 5.69 Å². The molecule has 0 aliphatic heterocycles. The van der Waals surface area contributed by atoms with E-state index in [1.165, 1.54) is 4.88 Å². The molecule has 0 unspecified atom stereocenters. The molecule has 0 spiro atoms. The monoisotopic (exact) mass is 198 g/mol. The second kappa shape index (κ2) is 4.37. The van der Waals surface area contributed by atoms with Crippen LogP contribution >= 0.6 is 11.3 Å². The number of carbonyl (C=O) groups is 1. The average Bonchev–Trinajstić information content (AvgIpc) is 2.44. The molecule has 0 saturated heterocycles. The lowest BCUT2D eigenvalue weighted by Gasteiger charge is -2.05. The standard InChI is InChI=1S/C9H14N2OS/c1-7-8(5-4-6-12)13-9(10-7)11(2)3/h6H,4-5H2,1-3H3. The lowest BCUT2D eigenvalue weighted by Crippen LogP contribution is -2.07. The van der Waals surface area contributed by atoms with Crippen LogP contribution in [0.15, 0.2) is 0 Å². The highest BCUT2D eigenvalue weighted by Gasteiger charge is 2.07. The molecular weight excluding hydrogens is 184 g/mol. The number of anilines is 1. The molecule has 0 aliphatic carbocycles. The van der Waals surface area contributed by atoms with E-state index in [4.69, 9.17) is 0 Å². The molecular formula is C9H14N2OS. The Morgan fingerprint density at radius 3 is 2.69 bits per heavy atom. The first-order valence-electron chi connectivity index (χ1n) is 4.22. The largest absolute Gasteiger partial charge is 0.354 e. The van der Waals surface area contributed by atoms with Crippen LogP contribution in [0.5, 0.6) is 0 Å². The van der Waals surface area contributed by atoms with Gasteiger partial charge in [-0.05, 0) is 13.3 Å². The molecule has 1 rings (SSSR count). The van der Waals surface area contributed by atoms with Crippen molar-refractivity contribution in [2.75, 3.05) is 19.0 Å². The number of aryl methyl sites for hydroxylation is 2. The maximum atomic E-state index is 10.2. The van der Waals surface area contributed by atoms with E-state index in [0.29, 0.717) is 6.42 Å². The van der Waals surface area contributed by atoms with Crippen molar-refractivity contribution < 1.29 is 4.79 Å². The normalized spacial score (nSPS) is 10.1. The van der Waals surface area contributed by atoms with Crippen molar-refractivity contribution in [2.24, 2.45) is 0 Å². The van der Waals surface area contributed by atoms with Crippen molar-refractivity contribution in [1.29, 1.82) is 0 Å². The third-order valence-corrected chi connectivity index (χ3v) is 3.14. The minimum atomic E-state index is 0.593. The zero-order valence-electron chi connectivity index (χ0n) is 8.20. The smallest absolute Gasteiger partial charge is 0.185 e. The number of carbonyl (C=O) groups excluding carboxylic acids is 1. The van der Waals surface area contributed by atoms with Gasteiger partial charge in [0, 0.05) is 25.4 Å². The Balaban J connectivity index is 2.77. The van der Waals surface area contributed by atoms with Crippen molar-refractivity contribution in [3.8, 4) is 0 Å². The van der Waals surface area contributed by atoms with Gasteiger partial charge >= 0.3 is 0 Å². The van der Waals surface area contributed by atoms with E-state index in [1.54, 1.807) is 11.3 Å². The maximum absolute atomic E-state index is 10.2. The van der Waals surface area contributed by atoms with E-state index < -0.39 is 0 Å². The minimum absolute atomic E-state index is 0.593. The first kappa shape index (κ1) is 10.2. The number of hydrogen-bond donors (Lipinski definition) is 0. The quantitative estimate of drug-likeness (QED) is 0.690. The third kappa shape index (κ3) is 2.52. The second-order valence-electron chi connectivity index (χ2n) is 3.10. The lowest BCUT2D eigenvalue weighted by molar-refractivity contribution is -0.107. The van der Waals surface area contributed by atoms with Crippen LogP contribution in [0, 0.1) is 6.92 Å². The molecule has 1 aromatic rings. The molecule has 1 heterocycles. The summed E-state index contributed by atoms with van der Waals surface area (Å²) in [6, 6.07) is 0. The summed E-state index contributed by atoms with van der Waals surface area (Å²) in [6.07, 6.45) is 2.37. The van der Waals surface area contributed by atoms with E-state index in [0.717, 1.165) is 23.5 Å². The summed E-state index contributed by atoms with van der Waals surface area (Å²) in [5.74, 6) is 0. The van der Waals surface area contributed by atoms with Crippen LogP contribution < -0.4 is 4.90 Å². The number of aromatic nitrogens is 1. The van der Waals surface area contributed by atoms with E-state index in [1.807, 2.05) is 25.9 Å². The molecule has 1 aromatic heterocycles. The molecule has 0 fully saturated rings. The highest BCUT2D eigenvalue weighted by Crippen LogP contribution is 2.25. The second-order valence-corrected chi connectivity index (χ2v) is 4.17. The Morgan fingerprint density at radius 2 is 2.23 bits per heavy atom. The van der Waals surface area contributed by atoms with Gasteiger partial charge in [0.2, 0.25) is 0 Å². The summed E-state index contributed by atoms with van der Waals surface area (Å²) in [5, 5.41) is 1.01. The Morgan fingerprint density at radius 1 is 1.54 bits per heavy atom. The first-order valence-corrected chi connectivity index (χ1v) is 5.04. The van der Waals surface area contributed by atoms with Gasteiger partial charge < -0.3 is 9.69 Å². The molecule has 3 nitrogen and oxygen atoms in total. The molecule has 0 bridgehead atoms. The Kier molecular flexibility index (Phi) is 3.42. The highest BCUT2D eigenvalue weighted by atomic mass is 32.1. The summed E-state index contributed by atoms with van der Waals surface area (Å²) in [7, 11) is 3.95. The zero-order chi connectivity index (χ0) is 9.84. The summed E-state index contributed by atoms with van der Waals surface area (Å²) in [6.45, 7) is 1.99. The molecule has 0 atom stereocenters. The van der Waals surface area contributed by atoms with Crippen molar-refractivity contribution in [2.45, 2.75) is 19.8 Å². The maximum Gasteiger partial charge on any atom is 0.185 e. The number of aldehydes is 1. The van der Waals surface area contributed by atoms with Gasteiger partial charge in [0.25, 0.3) is 0 Å². The van der Waals surface area contributed by atoms with E-state index in [9.17, 15) is 4.79 Å². The topological polar surface area (TPSA) is 33.2 Å². The van der Waals surface area contributed by atoms with Crippen molar-refractivity contribution in [1.82, 2.24) is 4.98 Å². The van der Waals surface area contributed by atoms with Crippen LogP contribution in [-0.2, 0) is 11.2 Å². The predicted molar refractivity (Wildman–Crippen MR) is 55.6 cm³/mol. The number of rotatable bonds is 4. The van der Waals surface area contributed by atoms with Crippen molar-refractivity contribution in [3.05, 3.63) is 10.6 Å². The summed E-state index contributed by atoms with van der Waals surface area (Å²) in [4.78, 5) is 17.8. The van der Waals surface area contributed by atoms with Crippen LogP contribution in [0.1, 0.15) is 17.0 Å². The lowest BCUT2D eigenvalue weighted by atomic mass is 10.2. The first-order chi connectivity index (χ1) is 6.15. The number of hydrogen-bond acceptors (Lipinski definition) is 4. The van der Waals surface area contributed by atoms with Gasteiger partial charge in [-0.2, -0.15) is 0 Å². The fourth-order valence-corrected chi connectivity index (χ4v) is 2.02. The summed E-state index contributed by atoms with van der Waals surface area (Å²) in [5.41, 5.74) is 1.05. The average molecular weight is 198 g/mol. The molecule has 0 aliphatic rings. The van der Waals surface area contributed by atoms with Gasteiger partial charge in [-0.1, -0.05) is 0 Å². The zero-order valence-corrected chi connectivity index (χ0v) is 9.02. The molecule has 0 amide bonds. The SMILES string of the molecule is Cc1nc(N(C)C)sc1CCC=O. The van der Waals surface area contributed by atoms with Crippen LogP contribution in [0.2, 0.25) is 0 Å². The van der Waals surface area contributed by atoms with Gasteiger partial charge in [-0.3, -0.25) is 0 Å². The fraction of sp³-hybridized carbons (Fsp3) is 0.556. The van der Waals surface area contributed by atoms with Crippen LogP contribution in [0.4, 0.5) is 5.13 Å². The molecule has 0 saturated carbocycles. The number of nitrogens with zero attached hydrogens (tertiary/aromatic N) is 2. The van der Waals surface area contributed by atoms with Crippen LogP contribution in [0.25, 0.3) is 0 Å². The van der Waals surface area contributed by atoms with Gasteiger partial charge in [-0.15, -0.1) is 11.3 Å². The molecule has 0 N–H and O–H groups in total. The molecule has 0 radical (unpaired) electrons. The van der Waals surface area contributed by atoms with Crippen molar-refractivity contribution >= 4 is 22.8 Å². The predicted octanol–water partition coefficient (Wildman–Crippen LogP) is 1.65. The van der Waals surface area contributed by atoms with Crippen LogP contribution in [0.3, 0.4) is 0 Å². The van der Waals surface area contributed by atoms with Crippen LogP contribution in [-0.4, -0.2) is 25.4 Å². The summed E-state index contributed by atoms with van der Waals surface area (Å²) >= 11 is 1.66. The van der Waals surface area contributed by atoms with E-state index >= 15 is 0 Å².